The number of fused-ring (bicyclic) bond motifs is 2. The molecule has 3 heterocycles. The molecule has 33 heavy (non-hydrogen) atoms. The molecule has 0 aliphatic carbocycles. The number of pyridine rings is 1. The molecule has 1 aliphatic rings. The summed E-state index contributed by atoms with van der Waals surface area (Å²) in [6.45, 7) is 4.16. The molecule has 0 radical (unpaired) electrons. The molecule has 0 saturated heterocycles. The molecule has 1 amide bonds. The van der Waals surface area contributed by atoms with Crippen LogP contribution in [0.25, 0.3) is 11.7 Å². The summed E-state index contributed by atoms with van der Waals surface area (Å²) in [4.78, 5) is 12.4. The SMILES string of the molecule is CCOc1cc2c(cc1/C=C/C(=O)NCc1nnc3c(C(F)(F)F)cc(Cl)cn13)O[C@@H](C)C2. The Labute approximate surface area is 192 Å². The number of benzene rings is 1. The second kappa shape index (κ2) is 8.93. The molecule has 1 aromatic carbocycles. The lowest BCUT2D eigenvalue weighted by molar-refractivity contribution is -0.136. The summed E-state index contributed by atoms with van der Waals surface area (Å²) in [6.07, 6.45) is 0.377. The third-order valence-electron chi connectivity index (χ3n) is 5.01. The van der Waals surface area contributed by atoms with E-state index in [4.69, 9.17) is 21.1 Å². The second-order valence-electron chi connectivity index (χ2n) is 7.49. The number of carbonyl (C=O) groups is 1. The van der Waals surface area contributed by atoms with Crippen LogP contribution in [0, 0.1) is 0 Å². The first-order valence-corrected chi connectivity index (χ1v) is 10.6. The molecule has 4 rings (SSSR count). The lowest BCUT2D eigenvalue weighted by Crippen LogP contribution is -2.21. The Morgan fingerprint density at radius 1 is 1.36 bits per heavy atom. The van der Waals surface area contributed by atoms with Crippen molar-refractivity contribution in [3.05, 3.63) is 58.0 Å². The molecule has 0 spiro atoms. The normalized spacial score (nSPS) is 15.6. The molecular formula is C22H20ClF3N4O3. The van der Waals surface area contributed by atoms with E-state index in [0.717, 1.165) is 28.2 Å². The van der Waals surface area contributed by atoms with E-state index in [1.165, 1.54) is 12.3 Å². The Balaban J connectivity index is 1.50. The largest absolute Gasteiger partial charge is 0.493 e. The number of nitrogens with zero attached hydrogens (tertiary/aromatic N) is 3. The van der Waals surface area contributed by atoms with Gasteiger partial charge in [-0.3, -0.25) is 9.20 Å². The molecule has 11 heteroatoms. The van der Waals surface area contributed by atoms with E-state index < -0.39 is 17.6 Å². The number of amides is 1. The molecule has 2 aromatic heterocycles. The van der Waals surface area contributed by atoms with E-state index in [9.17, 15) is 18.0 Å². The van der Waals surface area contributed by atoms with Gasteiger partial charge >= 0.3 is 6.18 Å². The molecule has 1 atom stereocenters. The summed E-state index contributed by atoms with van der Waals surface area (Å²) < 4.78 is 52.3. The molecule has 0 saturated carbocycles. The van der Waals surface area contributed by atoms with Gasteiger partial charge in [-0.05, 0) is 38.1 Å². The summed E-state index contributed by atoms with van der Waals surface area (Å²) in [5.74, 6) is 1.02. The average Bonchev–Trinajstić information content (AvgIpc) is 3.31. The highest BCUT2D eigenvalue weighted by Gasteiger charge is 2.35. The summed E-state index contributed by atoms with van der Waals surface area (Å²) in [7, 11) is 0. The van der Waals surface area contributed by atoms with Crippen molar-refractivity contribution in [2.45, 2.75) is 39.1 Å². The standard InChI is InChI=1S/C22H20ClF3N4O3/c1-3-32-17-8-14-6-12(2)33-18(14)7-13(17)4-5-20(31)27-10-19-28-29-21-16(22(24,25)26)9-15(23)11-30(19)21/h4-5,7-9,11-12H,3,6,10H2,1-2H3,(H,27,31)/b5-4+/t12-/m0/s1. The van der Waals surface area contributed by atoms with Crippen LogP contribution in [-0.4, -0.2) is 33.2 Å². The highest BCUT2D eigenvalue weighted by atomic mass is 35.5. The fourth-order valence-electron chi connectivity index (χ4n) is 3.59. The zero-order valence-corrected chi connectivity index (χ0v) is 18.5. The number of hydrogen-bond donors (Lipinski definition) is 1. The van der Waals surface area contributed by atoms with Crippen molar-refractivity contribution >= 4 is 29.2 Å². The Kier molecular flexibility index (Phi) is 6.20. The van der Waals surface area contributed by atoms with Gasteiger partial charge in [-0.1, -0.05) is 11.6 Å². The first-order chi connectivity index (χ1) is 15.7. The first-order valence-electron chi connectivity index (χ1n) is 10.2. The maximum atomic E-state index is 13.2. The van der Waals surface area contributed by atoms with Crippen molar-refractivity contribution in [3.8, 4) is 11.5 Å². The zero-order chi connectivity index (χ0) is 23.8. The Hall–Kier alpha value is -3.27. The first kappa shape index (κ1) is 22.9. The fourth-order valence-corrected chi connectivity index (χ4v) is 3.80. The van der Waals surface area contributed by atoms with Crippen LogP contribution < -0.4 is 14.8 Å². The van der Waals surface area contributed by atoms with Crippen molar-refractivity contribution in [3.63, 3.8) is 0 Å². The highest BCUT2D eigenvalue weighted by Crippen LogP contribution is 2.36. The van der Waals surface area contributed by atoms with Crippen LogP contribution in [0.2, 0.25) is 5.02 Å². The molecular weight excluding hydrogens is 461 g/mol. The quantitative estimate of drug-likeness (QED) is 0.527. The zero-order valence-electron chi connectivity index (χ0n) is 17.7. The number of rotatable bonds is 6. The van der Waals surface area contributed by atoms with Crippen molar-refractivity contribution in [1.29, 1.82) is 0 Å². The number of carbonyl (C=O) groups excluding carboxylic acids is 1. The van der Waals surface area contributed by atoms with Gasteiger partial charge in [0.05, 0.1) is 18.2 Å². The number of ether oxygens (including phenoxy) is 2. The summed E-state index contributed by atoms with van der Waals surface area (Å²) >= 11 is 5.83. The molecule has 0 unspecified atom stereocenters. The van der Waals surface area contributed by atoms with Gasteiger partial charge in [0, 0.05) is 29.8 Å². The second-order valence-corrected chi connectivity index (χ2v) is 7.93. The number of aromatic nitrogens is 3. The van der Waals surface area contributed by atoms with Gasteiger partial charge in [0.2, 0.25) is 5.91 Å². The predicted molar refractivity (Wildman–Crippen MR) is 115 cm³/mol. The van der Waals surface area contributed by atoms with Crippen molar-refractivity contribution in [2.24, 2.45) is 0 Å². The van der Waals surface area contributed by atoms with Gasteiger partial charge in [-0.15, -0.1) is 10.2 Å². The highest BCUT2D eigenvalue weighted by molar-refractivity contribution is 6.30. The maximum Gasteiger partial charge on any atom is 0.420 e. The van der Waals surface area contributed by atoms with E-state index >= 15 is 0 Å². The molecule has 7 nitrogen and oxygen atoms in total. The lowest BCUT2D eigenvalue weighted by atomic mass is 10.1. The van der Waals surface area contributed by atoms with E-state index in [2.05, 4.69) is 15.5 Å². The number of hydrogen-bond acceptors (Lipinski definition) is 5. The van der Waals surface area contributed by atoms with Crippen molar-refractivity contribution in [1.82, 2.24) is 19.9 Å². The van der Waals surface area contributed by atoms with Crippen LogP contribution >= 0.6 is 11.6 Å². The number of alkyl halides is 3. The molecule has 1 N–H and O–H groups in total. The average molecular weight is 481 g/mol. The van der Waals surface area contributed by atoms with E-state index in [1.807, 2.05) is 26.0 Å². The molecule has 0 bridgehead atoms. The lowest BCUT2D eigenvalue weighted by Gasteiger charge is -2.10. The van der Waals surface area contributed by atoms with Crippen LogP contribution in [-0.2, 0) is 23.9 Å². The third-order valence-corrected chi connectivity index (χ3v) is 5.22. The van der Waals surface area contributed by atoms with Crippen LogP contribution in [0.4, 0.5) is 13.2 Å². The molecule has 3 aromatic rings. The summed E-state index contributed by atoms with van der Waals surface area (Å²) in [5, 5.41) is 9.83. The maximum absolute atomic E-state index is 13.2. The number of nitrogens with one attached hydrogen (secondary N) is 1. The predicted octanol–water partition coefficient (Wildman–Crippen LogP) is 4.45. The Morgan fingerprint density at radius 2 is 2.15 bits per heavy atom. The van der Waals surface area contributed by atoms with Crippen LogP contribution in [0.15, 0.2) is 30.5 Å². The summed E-state index contributed by atoms with van der Waals surface area (Å²) in [6, 6.07) is 4.51. The topological polar surface area (TPSA) is 77.8 Å². The minimum Gasteiger partial charge on any atom is -0.493 e. The van der Waals surface area contributed by atoms with E-state index in [-0.39, 0.29) is 29.1 Å². The number of halogens is 4. The van der Waals surface area contributed by atoms with E-state index in [1.54, 1.807) is 6.08 Å². The van der Waals surface area contributed by atoms with Gasteiger partial charge in [-0.2, -0.15) is 13.2 Å². The van der Waals surface area contributed by atoms with Crippen LogP contribution in [0.5, 0.6) is 11.5 Å². The van der Waals surface area contributed by atoms with Gasteiger partial charge in [0.15, 0.2) is 11.5 Å². The minimum atomic E-state index is -4.64. The van der Waals surface area contributed by atoms with Crippen LogP contribution in [0.1, 0.15) is 36.4 Å². The summed E-state index contributed by atoms with van der Waals surface area (Å²) in [5.41, 5.74) is 0.328. The fraction of sp³-hybridized carbons (Fsp3) is 0.318. The van der Waals surface area contributed by atoms with Gasteiger partial charge < -0.3 is 14.8 Å². The van der Waals surface area contributed by atoms with E-state index in [0.29, 0.717) is 17.9 Å². The smallest absolute Gasteiger partial charge is 0.420 e. The molecule has 174 valence electrons. The minimum absolute atomic E-state index is 0.0707. The molecule has 1 aliphatic heterocycles. The Morgan fingerprint density at radius 3 is 2.88 bits per heavy atom. The van der Waals surface area contributed by atoms with Crippen molar-refractivity contribution in [2.75, 3.05) is 6.61 Å². The van der Waals surface area contributed by atoms with Crippen molar-refractivity contribution < 1.29 is 27.4 Å². The molecule has 0 fully saturated rings. The van der Waals surface area contributed by atoms with Gasteiger partial charge in [0.1, 0.15) is 23.2 Å². The Bertz CT molecular complexity index is 1240. The third kappa shape index (κ3) is 4.90. The monoisotopic (exact) mass is 480 g/mol. The van der Waals surface area contributed by atoms with Gasteiger partial charge in [0.25, 0.3) is 0 Å². The van der Waals surface area contributed by atoms with Gasteiger partial charge in [-0.25, -0.2) is 0 Å². The van der Waals surface area contributed by atoms with Crippen LogP contribution in [0.3, 0.4) is 0 Å².